The van der Waals surface area contributed by atoms with Crippen molar-refractivity contribution in [3.05, 3.63) is 45.6 Å². The first-order valence-electron chi connectivity index (χ1n) is 6.85. The summed E-state index contributed by atoms with van der Waals surface area (Å²) in [7, 11) is 3.26. The second kappa shape index (κ2) is 7.21. The van der Waals surface area contributed by atoms with Gasteiger partial charge in [-0.25, -0.2) is 4.98 Å². The van der Waals surface area contributed by atoms with Gasteiger partial charge in [0.15, 0.2) is 16.6 Å². The Balaban J connectivity index is 1.68. The number of benzene rings is 1. The molecule has 4 nitrogen and oxygen atoms in total. The molecule has 0 saturated heterocycles. The fourth-order valence-corrected chi connectivity index (χ4v) is 3.88. The number of nitrogens with one attached hydrogen (secondary N) is 1. The Morgan fingerprint density at radius 2 is 1.96 bits per heavy atom. The first kappa shape index (κ1) is 16.1. The molecular weight excluding hydrogens is 352 g/mol. The zero-order valence-electron chi connectivity index (χ0n) is 12.6. The van der Waals surface area contributed by atoms with Gasteiger partial charge in [-0.15, -0.1) is 22.7 Å². The van der Waals surface area contributed by atoms with E-state index in [4.69, 9.17) is 21.1 Å². The highest BCUT2D eigenvalue weighted by Crippen LogP contribution is 2.33. The number of hydrogen-bond donors (Lipinski definition) is 1. The lowest BCUT2D eigenvalue weighted by Gasteiger charge is -2.09. The van der Waals surface area contributed by atoms with Gasteiger partial charge in [-0.1, -0.05) is 17.7 Å². The Morgan fingerprint density at radius 3 is 2.65 bits per heavy atom. The van der Waals surface area contributed by atoms with Crippen molar-refractivity contribution >= 4 is 39.4 Å². The zero-order chi connectivity index (χ0) is 16.2. The molecule has 0 atom stereocenters. The van der Waals surface area contributed by atoms with Crippen molar-refractivity contribution in [3.8, 4) is 22.1 Å². The van der Waals surface area contributed by atoms with E-state index in [1.54, 1.807) is 25.6 Å². The predicted molar refractivity (Wildman–Crippen MR) is 97.3 cm³/mol. The lowest BCUT2D eigenvalue weighted by molar-refractivity contribution is 0.354. The van der Waals surface area contributed by atoms with Gasteiger partial charge in [-0.05, 0) is 29.8 Å². The average molecular weight is 367 g/mol. The minimum absolute atomic E-state index is 0.665. The molecule has 7 heteroatoms. The van der Waals surface area contributed by atoms with Crippen molar-refractivity contribution in [2.24, 2.45) is 0 Å². The number of thiazole rings is 1. The molecule has 1 aromatic carbocycles. The molecule has 0 aliphatic rings. The van der Waals surface area contributed by atoms with Crippen molar-refractivity contribution < 1.29 is 9.47 Å². The summed E-state index contributed by atoms with van der Waals surface area (Å²) in [6, 6.07) is 9.73. The molecule has 0 saturated carbocycles. The van der Waals surface area contributed by atoms with Crippen LogP contribution >= 0.6 is 34.3 Å². The summed E-state index contributed by atoms with van der Waals surface area (Å²) in [6.45, 7) is 0.665. The third kappa shape index (κ3) is 3.77. The SMILES string of the molecule is COc1ccc(CNc2nc(-c3ccc(Cl)s3)cs2)cc1OC. The van der Waals surface area contributed by atoms with Crippen molar-refractivity contribution in [2.75, 3.05) is 19.5 Å². The highest BCUT2D eigenvalue weighted by molar-refractivity contribution is 7.20. The molecule has 3 rings (SSSR count). The molecule has 2 aromatic heterocycles. The van der Waals surface area contributed by atoms with Gasteiger partial charge < -0.3 is 14.8 Å². The van der Waals surface area contributed by atoms with Gasteiger partial charge in [0.1, 0.15) is 0 Å². The fraction of sp³-hybridized carbons (Fsp3) is 0.188. The first-order chi connectivity index (χ1) is 11.2. The van der Waals surface area contributed by atoms with Crippen LogP contribution in [0.2, 0.25) is 4.34 Å². The monoisotopic (exact) mass is 366 g/mol. The van der Waals surface area contributed by atoms with Crippen molar-refractivity contribution in [1.82, 2.24) is 4.98 Å². The number of halogens is 1. The van der Waals surface area contributed by atoms with Gasteiger partial charge in [0, 0.05) is 11.9 Å². The van der Waals surface area contributed by atoms with Crippen LogP contribution in [-0.2, 0) is 6.54 Å². The average Bonchev–Trinajstić information content (AvgIpc) is 3.21. The Labute approximate surface area is 147 Å². The van der Waals surface area contributed by atoms with Crippen molar-refractivity contribution in [2.45, 2.75) is 6.54 Å². The molecule has 0 spiro atoms. The van der Waals surface area contributed by atoms with E-state index >= 15 is 0 Å². The maximum atomic E-state index is 5.97. The van der Waals surface area contributed by atoms with Crippen LogP contribution in [0, 0.1) is 0 Å². The second-order valence-electron chi connectivity index (χ2n) is 4.68. The van der Waals surface area contributed by atoms with Crippen LogP contribution < -0.4 is 14.8 Å². The number of anilines is 1. The second-order valence-corrected chi connectivity index (χ2v) is 7.26. The van der Waals surface area contributed by atoms with E-state index in [2.05, 4.69) is 10.3 Å². The molecule has 0 unspecified atom stereocenters. The Hall–Kier alpha value is -1.76. The number of rotatable bonds is 6. The lowest BCUT2D eigenvalue weighted by Crippen LogP contribution is -2.00. The molecule has 1 N–H and O–H groups in total. The predicted octanol–water partition coefficient (Wildman–Crippen LogP) is 5.15. The quantitative estimate of drug-likeness (QED) is 0.654. The number of aromatic nitrogens is 1. The lowest BCUT2D eigenvalue weighted by atomic mass is 10.2. The third-order valence-corrected chi connectivity index (χ3v) is 5.28. The Bertz CT molecular complexity index is 801. The zero-order valence-corrected chi connectivity index (χ0v) is 15.0. The van der Waals surface area contributed by atoms with Gasteiger partial charge in [0.05, 0.1) is 29.1 Å². The largest absolute Gasteiger partial charge is 0.493 e. The molecular formula is C16H15ClN2O2S2. The molecule has 0 radical (unpaired) electrons. The summed E-state index contributed by atoms with van der Waals surface area (Å²) in [4.78, 5) is 5.66. The Morgan fingerprint density at radius 1 is 1.13 bits per heavy atom. The number of thiophene rings is 1. The summed E-state index contributed by atoms with van der Waals surface area (Å²) in [5, 5.41) is 6.23. The summed E-state index contributed by atoms with van der Waals surface area (Å²) in [6.07, 6.45) is 0. The normalized spacial score (nSPS) is 10.6. The van der Waals surface area contributed by atoms with E-state index in [0.29, 0.717) is 6.54 Å². The topological polar surface area (TPSA) is 43.4 Å². The molecule has 0 fully saturated rings. The highest BCUT2D eigenvalue weighted by Gasteiger charge is 2.08. The molecule has 3 aromatic rings. The van der Waals surface area contributed by atoms with E-state index in [1.165, 1.54) is 11.3 Å². The Kier molecular flexibility index (Phi) is 5.05. The first-order valence-corrected chi connectivity index (χ1v) is 8.93. The van der Waals surface area contributed by atoms with Gasteiger partial charge >= 0.3 is 0 Å². The van der Waals surface area contributed by atoms with Crippen LogP contribution in [-0.4, -0.2) is 19.2 Å². The minimum Gasteiger partial charge on any atom is -0.493 e. The fourth-order valence-electron chi connectivity index (χ4n) is 2.09. The van der Waals surface area contributed by atoms with E-state index in [0.717, 1.165) is 37.1 Å². The van der Waals surface area contributed by atoms with Gasteiger partial charge in [-0.3, -0.25) is 0 Å². The molecule has 23 heavy (non-hydrogen) atoms. The highest BCUT2D eigenvalue weighted by atomic mass is 35.5. The van der Waals surface area contributed by atoms with E-state index in [9.17, 15) is 0 Å². The van der Waals surface area contributed by atoms with Crippen LogP contribution in [0.1, 0.15) is 5.56 Å². The number of ether oxygens (including phenoxy) is 2. The number of hydrogen-bond acceptors (Lipinski definition) is 6. The van der Waals surface area contributed by atoms with E-state index in [-0.39, 0.29) is 0 Å². The minimum atomic E-state index is 0.665. The maximum Gasteiger partial charge on any atom is 0.183 e. The van der Waals surface area contributed by atoms with Crippen LogP contribution in [0.3, 0.4) is 0 Å². The van der Waals surface area contributed by atoms with E-state index < -0.39 is 0 Å². The molecule has 0 bridgehead atoms. The standard InChI is InChI=1S/C16H15ClN2O2S2/c1-20-12-4-3-10(7-13(12)21-2)8-18-16-19-11(9-22-16)14-5-6-15(17)23-14/h3-7,9H,8H2,1-2H3,(H,18,19). The van der Waals surface area contributed by atoms with Gasteiger partial charge in [0.25, 0.3) is 0 Å². The van der Waals surface area contributed by atoms with Crippen LogP contribution in [0.5, 0.6) is 11.5 Å². The molecule has 0 aliphatic heterocycles. The summed E-state index contributed by atoms with van der Waals surface area (Å²) in [5.74, 6) is 1.45. The van der Waals surface area contributed by atoms with Crippen LogP contribution in [0.25, 0.3) is 10.6 Å². The molecule has 2 heterocycles. The number of nitrogens with zero attached hydrogens (tertiary/aromatic N) is 1. The molecule has 0 amide bonds. The number of methoxy groups -OCH3 is 2. The van der Waals surface area contributed by atoms with Crippen molar-refractivity contribution in [1.29, 1.82) is 0 Å². The van der Waals surface area contributed by atoms with Gasteiger partial charge in [0.2, 0.25) is 0 Å². The summed E-state index contributed by atoms with van der Waals surface area (Å²) < 4.78 is 11.3. The maximum absolute atomic E-state index is 5.97. The molecule has 0 aliphatic carbocycles. The smallest absolute Gasteiger partial charge is 0.183 e. The van der Waals surface area contributed by atoms with Gasteiger partial charge in [-0.2, -0.15) is 0 Å². The summed E-state index contributed by atoms with van der Waals surface area (Å²) >= 11 is 9.07. The van der Waals surface area contributed by atoms with Crippen LogP contribution in [0.15, 0.2) is 35.7 Å². The third-order valence-electron chi connectivity index (χ3n) is 3.22. The van der Waals surface area contributed by atoms with E-state index in [1.807, 2.05) is 35.7 Å². The van der Waals surface area contributed by atoms with Crippen molar-refractivity contribution in [3.63, 3.8) is 0 Å². The van der Waals surface area contributed by atoms with Crippen LogP contribution in [0.4, 0.5) is 5.13 Å². The summed E-state index contributed by atoms with van der Waals surface area (Å²) in [5.41, 5.74) is 2.04. The molecule has 120 valence electrons.